The number of benzene rings is 1. The first-order chi connectivity index (χ1) is 9.74. The van der Waals surface area contributed by atoms with Crippen LogP contribution in [0.15, 0.2) is 18.2 Å². The van der Waals surface area contributed by atoms with E-state index in [1.165, 1.54) is 29.7 Å². The van der Waals surface area contributed by atoms with Crippen LogP contribution in [-0.4, -0.2) is 31.3 Å². The van der Waals surface area contributed by atoms with E-state index in [0.29, 0.717) is 12.5 Å². The standard InChI is InChI=1S/C17H28N2O/c1-3-8-18-12-16-4-5-17(11-14(16)2)19-9-6-15(13-19)7-10-20/h4-5,11,15,18,20H,3,6-10,12-13H2,1-2H3. The zero-order valence-electron chi connectivity index (χ0n) is 12.9. The Balaban J connectivity index is 1.95. The summed E-state index contributed by atoms with van der Waals surface area (Å²) in [4.78, 5) is 2.45. The van der Waals surface area contributed by atoms with Gasteiger partial charge in [-0.2, -0.15) is 0 Å². The van der Waals surface area contributed by atoms with Gasteiger partial charge >= 0.3 is 0 Å². The maximum absolute atomic E-state index is 9.04. The summed E-state index contributed by atoms with van der Waals surface area (Å²) in [5, 5.41) is 12.5. The Morgan fingerprint density at radius 1 is 1.40 bits per heavy atom. The number of aliphatic hydroxyl groups excluding tert-OH is 1. The lowest BCUT2D eigenvalue weighted by molar-refractivity contribution is 0.263. The molecule has 0 saturated carbocycles. The zero-order chi connectivity index (χ0) is 14.4. The monoisotopic (exact) mass is 276 g/mol. The average Bonchev–Trinajstić information content (AvgIpc) is 2.90. The molecule has 0 radical (unpaired) electrons. The van der Waals surface area contributed by atoms with E-state index in [0.717, 1.165) is 32.6 Å². The van der Waals surface area contributed by atoms with E-state index in [1.54, 1.807) is 0 Å². The summed E-state index contributed by atoms with van der Waals surface area (Å²) in [6.45, 7) is 8.97. The fraction of sp³-hybridized carbons (Fsp3) is 0.647. The van der Waals surface area contributed by atoms with Gasteiger partial charge in [0.2, 0.25) is 0 Å². The van der Waals surface area contributed by atoms with Crippen LogP contribution < -0.4 is 10.2 Å². The molecule has 0 amide bonds. The molecule has 1 fully saturated rings. The van der Waals surface area contributed by atoms with Gasteiger partial charge < -0.3 is 15.3 Å². The Kier molecular flexibility index (Phi) is 5.86. The molecule has 1 atom stereocenters. The maximum atomic E-state index is 9.04. The van der Waals surface area contributed by atoms with Crippen LogP contribution in [0.25, 0.3) is 0 Å². The van der Waals surface area contributed by atoms with Crippen molar-refractivity contribution in [2.24, 2.45) is 5.92 Å². The fourth-order valence-electron chi connectivity index (χ4n) is 2.96. The molecule has 1 aliphatic rings. The van der Waals surface area contributed by atoms with Crippen LogP contribution >= 0.6 is 0 Å². The zero-order valence-corrected chi connectivity index (χ0v) is 12.9. The predicted molar refractivity (Wildman–Crippen MR) is 85.2 cm³/mol. The molecule has 1 aliphatic heterocycles. The van der Waals surface area contributed by atoms with E-state index in [-0.39, 0.29) is 0 Å². The van der Waals surface area contributed by atoms with Crippen LogP contribution in [0.4, 0.5) is 5.69 Å². The largest absolute Gasteiger partial charge is 0.396 e. The number of nitrogens with one attached hydrogen (secondary N) is 1. The molecule has 3 nitrogen and oxygen atoms in total. The van der Waals surface area contributed by atoms with Crippen LogP contribution in [-0.2, 0) is 6.54 Å². The van der Waals surface area contributed by atoms with Crippen molar-refractivity contribution < 1.29 is 5.11 Å². The first-order valence-corrected chi connectivity index (χ1v) is 7.90. The number of anilines is 1. The van der Waals surface area contributed by atoms with Crippen molar-refractivity contribution in [3.05, 3.63) is 29.3 Å². The summed E-state index contributed by atoms with van der Waals surface area (Å²) in [6, 6.07) is 6.81. The number of hydrogen-bond donors (Lipinski definition) is 2. The number of hydrogen-bond acceptors (Lipinski definition) is 3. The molecule has 112 valence electrons. The Labute approximate surface area is 123 Å². The first-order valence-electron chi connectivity index (χ1n) is 7.90. The van der Waals surface area contributed by atoms with Gasteiger partial charge in [-0.3, -0.25) is 0 Å². The van der Waals surface area contributed by atoms with Crippen molar-refractivity contribution in [1.29, 1.82) is 0 Å². The molecule has 0 spiro atoms. The Bertz CT molecular complexity index is 419. The van der Waals surface area contributed by atoms with Gasteiger partial charge in [0.25, 0.3) is 0 Å². The number of aliphatic hydroxyl groups is 1. The van der Waals surface area contributed by atoms with Gasteiger partial charge in [0.15, 0.2) is 0 Å². The molecular weight excluding hydrogens is 248 g/mol. The van der Waals surface area contributed by atoms with Crippen molar-refractivity contribution in [3.63, 3.8) is 0 Å². The number of nitrogens with zero attached hydrogens (tertiary/aromatic N) is 1. The van der Waals surface area contributed by atoms with Gasteiger partial charge in [-0.15, -0.1) is 0 Å². The van der Waals surface area contributed by atoms with Gasteiger partial charge in [-0.1, -0.05) is 13.0 Å². The Morgan fingerprint density at radius 2 is 2.25 bits per heavy atom. The highest BCUT2D eigenvalue weighted by Gasteiger charge is 2.22. The molecule has 2 rings (SSSR count). The molecule has 20 heavy (non-hydrogen) atoms. The normalized spacial score (nSPS) is 18.8. The highest BCUT2D eigenvalue weighted by molar-refractivity contribution is 5.51. The van der Waals surface area contributed by atoms with Crippen LogP contribution in [0.3, 0.4) is 0 Å². The van der Waals surface area contributed by atoms with Crippen LogP contribution in [0.5, 0.6) is 0 Å². The van der Waals surface area contributed by atoms with Gasteiger partial charge in [0.05, 0.1) is 0 Å². The lowest BCUT2D eigenvalue weighted by Gasteiger charge is -2.20. The van der Waals surface area contributed by atoms with E-state index in [1.807, 2.05) is 0 Å². The minimum absolute atomic E-state index is 0.319. The fourth-order valence-corrected chi connectivity index (χ4v) is 2.96. The molecule has 3 heteroatoms. The summed E-state index contributed by atoms with van der Waals surface area (Å²) in [5.74, 6) is 0.659. The van der Waals surface area contributed by atoms with Crippen molar-refractivity contribution >= 4 is 5.69 Å². The lowest BCUT2D eigenvalue weighted by Crippen LogP contribution is -2.20. The van der Waals surface area contributed by atoms with Gasteiger partial charge in [0, 0.05) is 31.9 Å². The molecule has 1 heterocycles. The topological polar surface area (TPSA) is 35.5 Å². The second-order valence-corrected chi connectivity index (χ2v) is 5.90. The molecule has 1 aromatic rings. The van der Waals surface area contributed by atoms with Gasteiger partial charge in [-0.25, -0.2) is 0 Å². The molecule has 2 N–H and O–H groups in total. The molecule has 0 aromatic heterocycles. The van der Waals surface area contributed by atoms with E-state index >= 15 is 0 Å². The van der Waals surface area contributed by atoms with Gasteiger partial charge in [0.1, 0.15) is 0 Å². The number of rotatable bonds is 7. The molecule has 1 saturated heterocycles. The second-order valence-electron chi connectivity index (χ2n) is 5.90. The summed E-state index contributed by atoms with van der Waals surface area (Å²) in [5.41, 5.74) is 4.10. The molecule has 1 aromatic carbocycles. The third kappa shape index (κ3) is 3.97. The molecule has 0 bridgehead atoms. The highest BCUT2D eigenvalue weighted by atomic mass is 16.3. The molecule has 0 aliphatic carbocycles. The van der Waals surface area contributed by atoms with Crippen molar-refractivity contribution in [3.8, 4) is 0 Å². The Morgan fingerprint density at radius 3 is 2.95 bits per heavy atom. The maximum Gasteiger partial charge on any atom is 0.0434 e. The molecular formula is C17H28N2O. The molecule has 1 unspecified atom stereocenters. The lowest BCUT2D eigenvalue weighted by atomic mass is 10.1. The smallest absolute Gasteiger partial charge is 0.0434 e. The predicted octanol–water partition coefficient (Wildman–Crippen LogP) is 2.70. The number of aryl methyl sites for hydroxylation is 1. The van der Waals surface area contributed by atoms with Crippen LogP contribution in [0, 0.1) is 12.8 Å². The SMILES string of the molecule is CCCNCc1ccc(N2CCC(CCO)C2)cc1C. The van der Waals surface area contributed by atoms with E-state index in [2.05, 4.69) is 42.3 Å². The second kappa shape index (κ2) is 7.65. The Hall–Kier alpha value is -1.06. The third-order valence-corrected chi connectivity index (χ3v) is 4.26. The van der Waals surface area contributed by atoms with Crippen LogP contribution in [0.2, 0.25) is 0 Å². The summed E-state index contributed by atoms with van der Waals surface area (Å²) >= 11 is 0. The minimum atomic E-state index is 0.319. The van der Waals surface area contributed by atoms with Gasteiger partial charge in [-0.05, 0) is 61.9 Å². The van der Waals surface area contributed by atoms with E-state index in [9.17, 15) is 0 Å². The average molecular weight is 276 g/mol. The summed E-state index contributed by atoms with van der Waals surface area (Å²) in [7, 11) is 0. The summed E-state index contributed by atoms with van der Waals surface area (Å²) < 4.78 is 0. The summed E-state index contributed by atoms with van der Waals surface area (Å²) in [6.07, 6.45) is 3.32. The van der Waals surface area contributed by atoms with Crippen molar-refractivity contribution in [1.82, 2.24) is 5.32 Å². The third-order valence-electron chi connectivity index (χ3n) is 4.26. The first kappa shape index (κ1) is 15.3. The van der Waals surface area contributed by atoms with Crippen molar-refractivity contribution in [2.45, 2.75) is 39.7 Å². The quantitative estimate of drug-likeness (QED) is 0.752. The van der Waals surface area contributed by atoms with E-state index in [4.69, 9.17) is 5.11 Å². The van der Waals surface area contributed by atoms with E-state index < -0.39 is 0 Å². The minimum Gasteiger partial charge on any atom is -0.396 e. The van der Waals surface area contributed by atoms with Crippen LogP contribution in [0.1, 0.15) is 37.3 Å². The van der Waals surface area contributed by atoms with Crippen molar-refractivity contribution in [2.75, 3.05) is 31.1 Å². The highest BCUT2D eigenvalue weighted by Crippen LogP contribution is 2.27.